The summed E-state index contributed by atoms with van der Waals surface area (Å²) in [6.07, 6.45) is -0.631. The molecule has 0 aromatic heterocycles. The van der Waals surface area contributed by atoms with E-state index in [9.17, 15) is 35.1 Å². The van der Waals surface area contributed by atoms with Crippen LogP contribution in [0.25, 0.3) is 5.76 Å². The number of nitrogens with zero attached hydrogens (tertiary/aromatic N) is 1. The first-order chi connectivity index (χ1) is 13.5. The normalized spacial score (nSPS) is 36.5. The summed E-state index contributed by atoms with van der Waals surface area (Å²) in [5.41, 5.74) is -2.22. The van der Waals surface area contributed by atoms with Gasteiger partial charge in [0.05, 0.1) is 23.6 Å². The molecule has 3 aliphatic rings. The summed E-state index contributed by atoms with van der Waals surface area (Å²) >= 11 is 0. The van der Waals surface area contributed by atoms with Crippen molar-refractivity contribution >= 4 is 17.3 Å². The minimum atomic E-state index is -2.57. The van der Waals surface area contributed by atoms with Gasteiger partial charge in [0.15, 0.2) is 11.4 Å². The predicted molar refractivity (Wildman–Crippen MR) is 102 cm³/mol. The van der Waals surface area contributed by atoms with Crippen molar-refractivity contribution in [3.63, 3.8) is 0 Å². The molecule has 8 nitrogen and oxygen atoms in total. The van der Waals surface area contributed by atoms with E-state index in [1.165, 1.54) is 11.0 Å². The van der Waals surface area contributed by atoms with E-state index in [1.54, 1.807) is 33.2 Å². The zero-order valence-corrected chi connectivity index (χ0v) is 16.2. The summed E-state index contributed by atoms with van der Waals surface area (Å²) in [4.78, 5) is 27.5. The van der Waals surface area contributed by atoms with Crippen molar-refractivity contribution in [1.82, 2.24) is 4.90 Å². The SMILES string of the molecule is C[C@H]1c2cccc(O)c2C(O)=C2C(=O)[C@]3(O)C(O)=CC(=O)[C@@H](N(C)C)[C@@H]3[C@@H](O)[C@@H]21. The molecule has 0 unspecified atom stereocenters. The quantitative estimate of drug-likeness (QED) is 0.462. The number of rotatable bonds is 1. The highest BCUT2D eigenvalue weighted by atomic mass is 16.4. The van der Waals surface area contributed by atoms with Gasteiger partial charge in [0.2, 0.25) is 5.78 Å². The van der Waals surface area contributed by atoms with Gasteiger partial charge in [0.25, 0.3) is 0 Å². The van der Waals surface area contributed by atoms with E-state index in [-0.39, 0.29) is 16.9 Å². The second-order valence-corrected chi connectivity index (χ2v) is 8.27. The zero-order valence-electron chi connectivity index (χ0n) is 16.2. The number of hydrogen-bond donors (Lipinski definition) is 5. The molecular weight excluding hydrogens is 378 g/mol. The number of Topliss-reactive ketones (excluding diaryl/α,β-unsaturated/α-hetero) is 1. The molecule has 1 aromatic carbocycles. The topological polar surface area (TPSA) is 139 Å². The number of aliphatic hydroxyl groups excluding tert-OH is 3. The number of aliphatic hydroxyl groups is 4. The van der Waals surface area contributed by atoms with Crippen LogP contribution in [0.15, 0.2) is 35.6 Å². The number of carbonyl (C=O) groups is 2. The van der Waals surface area contributed by atoms with E-state index < -0.39 is 58.6 Å². The van der Waals surface area contributed by atoms with Crippen molar-refractivity contribution in [3.8, 4) is 5.75 Å². The Morgan fingerprint density at radius 2 is 1.76 bits per heavy atom. The van der Waals surface area contributed by atoms with Crippen molar-refractivity contribution < 1.29 is 35.1 Å². The molecule has 5 N–H and O–H groups in total. The molecule has 0 aliphatic heterocycles. The molecule has 154 valence electrons. The summed E-state index contributed by atoms with van der Waals surface area (Å²) in [5, 5.41) is 54.1. The maximum Gasteiger partial charge on any atom is 0.202 e. The Morgan fingerprint density at radius 1 is 1.10 bits per heavy atom. The molecule has 1 fully saturated rings. The van der Waals surface area contributed by atoms with Crippen LogP contribution in [0.5, 0.6) is 5.75 Å². The Hall–Kier alpha value is -2.68. The van der Waals surface area contributed by atoms with Crippen molar-refractivity contribution in [2.24, 2.45) is 11.8 Å². The van der Waals surface area contributed by atoms with Crippen LogP contribution in [-0.2, 0) is 9.59 Å². The van der Waals surface area contributed by atoms with E-state index in [1.807, 2.05) is 0 Å². The van der Waals surface area contributed by atoms with Gasteiger partial charge in [0.1, 0.15) is 17.3 Å². The van der Waals surface area contributed by atoms with E-state index >= 15 is 0 Å². The third-order valence-electron chi connectivity index (χ3n) is 6.60. The third-order valence-corrected chi connectivity index (χ3v) is 6.60. The van der Waals surface area contributed by atoms with Crippen molar-refractivity contribution in [1.29, 1.82) is 0 Å². The molecule has 0 saturated heterocycles. The summed E-state index contributed by atoms with van der Waals surface area (Å²) < 4.78 is 0. The van der Waals surface area contributed by atoms with Crippen molar-refractivity contribution in [2.45, 2.75) is 30.6 Å². The highest BCUT2D eigenvalue weighted by Gasteiger charge is 2.66. The van der Waals surface area contributed by atoms with Crippen LogP contribution in [0.1, 0.15) is 24.0 Å². The number of ketones is 2. The monoisotopic (exact) mass is 401 g/mol. The fraction of sp³-hybridized carbons (Fsp3) is 0.429. The molecule has 0 bridgehead atoms. The van der Waals surface area contributed by atoms with Gasteiger partial charge in [0, 0.05) is 17.6 Å². The fourth-order valence-corrected chi connectivity index (χ4v) is 5.27. The van der Waals surface area contributed by atoms with E-state index in [0.717, 1.165) is 6.08 Å². The fourth-order valence-electron chi connectivity index (χ4n) is 5.27. The van der Waals surface area contributed by atoms with E-state index in [4.69, 9.17) is 0 Å². The number of likely N-dealkylation sites (N-methyl/N-ethyl adjacent to an activating group) is 1. The van der Waals surface area contributed by atoms with Gasteiger partial charge in [-0.1, -0.05) is 19.1 Å². The molecule has 6 atom stereocenters. The molecular formula is C21H23NO7. The van der Waals surface area contributed by atoms with Crippen LogP contribution in [0.3, 0.4) is 0 Å². The number of aromatic hydroxyl groups is 1. The highest BCUT2D eigenvalue weighted by Crippen LogP contribution is 2.55. The van der Waals surface area contributed by atoms with Gasteiger partial charge in [-0.2, -0.15) is 0 Å². The van der Waals surface area contributed by atoms with Crippen LogP contribution in [-0.4, -0.2) is 73.8 Å². The van der Waals surface area contributed by atoms with Crippen LogP contribution >= 0.6 is 0 Å². The van der Waals surface area contributed by atoms with Crippen LogP contribution in [0, 0.1) is 11.8 Å². The lowest BCUT2D eigenvalue weighted by molar-refractivity contribution is -0.168. The summed E-state index contributed by atoms with van der Waals surface area (Å²) in [5.74, 6) is -5.91. The number of hydrogen-bond acceptors (Lipinski definition) is 8. The molecule has 29 heavy (non-hydrogen) atoms. The molecule has 0 spiro atoms. The molecule has 0 amide bonds. The molecule has 1 aromatic rings. The van der Waals surface area contributed by atoms with Crippen LogP contribution < -0.4 is 0 Å². The molecule has 4 rings (SSSR count). The molecule has 0 radical (unpaired) electrons. The second-order valence-electron chi connectivity index (χ2n) is 8.27. The van der Waals surface area contributed by atoms with E-state index in [2.05, 4.69) is 0 Å². The van der Waals surface area contributed by atoms with Gasteiger partial charge in [-0.05, 0) is 31.6 Å². The molecule has 1 saturated carbocycles. The van der Waals surface area contributed by atoms with E-state index in [0.29, 0.717) is 5.56 Å². The first kappa shape index (κ1) is 19.6. The predicted octanol–water partition coefficient (Wildman–Crippen LogP) is 0.640. The molecule has 3 aliphatic carbocycles. The lowest BCUT2D eigenvalue weighted by atomic mass is 9.55. The van der Waals surface area contributed by atoms with Gasteiger partial charge < -0.3 is 25.5 Å². The van der Waals surface area contributed by atoms with Crippen molar-refractivity contribution in [3.05, 3.63) is 46.7 Å². The zero-order chi connectivity index (χ0) is 21.4. The highest BCUT2D eigenvalue weighted by molar-refractivity contribution is 6.13. The third kappa shape index (κ3) is 2.30. The Labute approximate surface area is 167 Å². The maximum atomic E-state index is 13.4. The largest absolute Gasteiger partial charge is 0.509 e. The van der Waals surface area contributed by atoms with Gasteiger partial charge in [-0.3, -0.25) is 14.5 Å². The van der Waals surface area contributed by atoms with Gasteiger partial charge >= 0.3 is 0 Å². The smallest absolute Gasteiger partial charge is 0.202 e. The Balaban J connectivity index is 2.01. The van der Waals surface area contributed by atoms with Gasteiger partial charge in [-0.25, -0.2) is 0 Å². The lowest BCUT2D eigenvalue weighted by Gasteiger charge is -2.53. The average Bonchev–Trinajstić information content (AvgIpc) is 2.64. The van der Waals surface area contributed by atoms with Gasteiger partial charge in [-0.15, -0.1) is 0 Å². The van der Waals surface area contributed by atoms with Crippen molar-refractivity contribution in [2.75, 3.05) is 14.1 Å². The number of phenols is 1. The minimum absolute atomic E-state index is 0.0633. The summed E-state index contributed by atoms with van der Waals surface area (Å²) in [6.45, 7) is 1.74. The number of carbonyl (C=O) groups excluding carboxylic acids is 2. The maximum absolute atomic E-state index is 13.4. The number of benzene rings is 1. The average molecular weight is 401 g/mol. The number of fused-ring (bicyclic) bond motifs is 3. The standard InChI is InChI=1S/C21H23NO7/c1-8-9-5-4-6-10(23)14(9)18(26)15-13(8)19(27)16-17(22(2)3)11(24)7-12(25)21(16,29)20(15)28/h4-8,13,16-17,19,23,25-27,29H,1-3H3/t8-,13+,16+,17+,19-,21-/m0/s1. The first-order valence-electron chi connectivity index (χ1n) is 9.35. The Morgan fingerprint density at radius 3 is 2.38 bits per heavy atom. The van der Waals surface area contributed by atoms with Crippen LogP contribution in [0.2, 0.25) is 0 Å². The second kappa shape index (κ2) is 6.16. The molecule has 0 heterocycles. The Bertz CT molecular complexity index is 995. The number of phenolic OH excluding ortho intramolecular Hbond substituents is 1. The first-order valence-corrected chi connectivity index (χ1v) is 9.35. The molecule has 8 heteroatoms. The summed E-state index contributed by atoms with van der Waals surface area (Å²) in [6, 6.07) is 3.59. The van der Waals surface area contributed by atoms with Crippen LogP contribution in [0.4, 0.5) is 0 Å². The lowest BCUT2D eigenvalue weighted by Crippen LogP contribution is -2.69. The summed E-state index contributed by atoms with van der Waals surface area (Å²) in [7, 11) is 3.16. The Kier molecular flexibility index (Phi) is 4.17. The minimum Gasteiger partial charge on any atom is -0.509 e.